The topological polar surface area (TPSA) is 89.2 Å². The summed E-state index contributed by atoms with van der Waals surface area (Å²) < 4.78 is 16.5. The maximum Gasteiger partial charge on any atom is 0.300 e. The van der Waals surface area contributed by atoms with Crippen molar-refractivity contribution in [2.75, 3.05) is 18.6 Å². The molecular weight excluding hydrogens is 410 g/mol. The van der Waals surface area contributed by atoms with Gasteiger partial charge >= 0.3 is 0 Å². The summed E-state index contributed by atoms with van der Waals surface area (Å²) in [7, 11) is 1.54. The van der Waals surface area contributed by atoms with Crippen LogP contribution in [-0.2, 0) is 9.59 Å². The van der Waals surface area contributed by atoms with Crippen molar-refractivity contribution in [2.45, 2.75) is 19.9 Å². The third-order valence-electron chi connectivity index (χ3n) is 5.25. The number of ether oxygens (including phenoxy) is 2. The third kappa shape index (κ3) is 3.73. The van der Waals surface area contributed by atoms with E-state index in [4.69, 9.17) is 13.9 Å². The summed E-state index contributed by atoms with van der Waals surface area (Å²) in [5.74, 6) is 0.335. The molecule has 1 amide bonds. The van der Waals surface area contributed by atoms with E-state index in [2.05, 4.69) is 0 Å². The zero-order valence-corrected chi connectivity index (χ0v) is 18.0. The van der Waals surface area contributed by atoms with Crippen LogP contribution >= 0.6 is 0 Å². The van der Waals surface area contributed by atoms with Gasteiger partial charge in [0, 0.05) is 17.3 Å². The van der Waals surface area contributed by atoms with Crippen molar-refractivity contribution in [3.8, 4) is 11.5 Å². The molecule has 2 heterocycles. The van der Waals surface area contributed by atoms with Gasteiger partial charge in [-0.2, -0.15) is 0 Å². The Morgan fingerprint density at radius 1 is 1.06 bits per heavy atom. The Morgan fingerprint density at radius 3 is 2.44 bits per heavy atom. The van der Waals surface area contributed by atoms with Gasteiger partial charge in [0.25, 0.3) is 11.7 Å². The second-order valence-corrected chi connectivity index (χ2v) is 7.28. The van der Waals surface area contributed by atoms with E-state index in [-0.39, 0.29) is 11.3 Å². The average Bonchev–Trinajstić information content (AvgIpc) is 3.34. The molecule has 3 aromatic rings. The van der Waals surface area contributed by atoms with Crippen molar-refractivity contribution in [3.05, 3.63) is 83.3 Å². The maximum absolute atomic E-state index is 13.1. The Hall–Kier alpha value is -4.00. The number of rotatable bonds is 6. The molecule has 1 fully saturated rings. The molecule has 1 aliphatic rings. The molecule has 1 N–H and O–H groups in total. The third-order valence-corrected chi connectivity index (χ3v) is 5.25. The number of carbonyl (C=O) groups excluding carboxylic acids is 2. The van der Waals surface area contributed by atoms with Crippen LogP contribution in [0.2, 0.25) is 0 Å². The molecule has 4 rings (SSSR count). The number of nitrogens with zero attached hydrogens (tertiary/aromatic N) is 1. The fourth-order valence-corrected chi connectivity index (χ4v) is 3.76. The van der Waals surface area contributed by atoms with E-state index in [0.29, 0.717) is 40.9 Å². The first-order valence-corrected chi connectivity index (χ1v) is 10.2. The van der Waals surface area contributed by atoms with E-state index in [0.717, 1.165) is 0 Å². The van der Waals surface area contributed by atoms with E-state index in [1.807, 2.05) is 6.92 Å². The van der Waals surface area contributed by atoms with Crippen molar-refractivity contribution in [2.24, 2.45) is 0 Å². The highest BCUT2D eigenvalue weighted by atomic mass is 16.5. The standard InChI is InChI=1S/C25H23NO6/c1-4-31-19-7-5-6-17(14-19)26-22(20-13-8-15(2)32-20)21(24(28)25(26)29)23(27)16-9-11-18(30-3)12-10-16/h5-14,22,27H,4H2,1-3H3/b23-21-. The lowest BCUT2D eigenvalue weighted by Crippen LogP contribution is -2.29. The van der Waals surface area contributed by atoms with Crippen molar-refractivity contribution in [1.29, 1.82) is 0 Å². The number of carbonyl (C=O) groups is 2. The summed E-state index contributed by atoms with van der Waals surface area (Å²) in [4.78, 5) is 27.6. The number of furan rings is 1. The van der Waals surface area contributed by atoms with Crippen LogP contribution in [0, 0.1) is 6.92 Å². The number of aryl methyl sites for hydroxylation is 1. The average molecular weight is 433 g/mol. The van der Waals surface area contributed by atoms with Gasteiger partial charge in [-0.05, 0) is 62.4 Å². The molecule has 1 atom stereocenters. The molecule has 32 heavy (non-hydrogen) atoms. The maximum atomic E-state index is 13.1. The van der Waals surface area contributed by atoms with Crippen molar-refractivity contribution in [3.63, 3.8) is 0 Å². The molecule has 1 aromatic heterocycles. The Morgan fingerprint density at radius 2 is 1.81 bits per heavy atom. The summed E-state index contributed by atoms with van der Waals surface area (Å²) in [6.45, 7) is 4.09. The van der Waals surface area contributed by atoms with Crippen LogP contribution in [0.15, 0.2) is 70.7 Å². The van der Waals surface area contributed by atoms with Gasteiger partial charge in [0.15, 0.2) is 0 Å². The monoisotopic (exact) mass is 433 g/mol. The summed E-state index contributed by atoms with van der Waals surface area (Å²) in [5, 5.41) is 11.1. The van der Waals surface area contributed by atoms with Gasteiger partial charge in [-0.1, -0.05) is 6.07 Å². The highest BCUT2D eigenvalue weighted by Crippen LogP contribution is 2.43. The lowest BCUT2D eigenvalue weighted by Gasteiger charge is -2.24. The van der Waals surface area contributed by atoms with Crippen LogP contribution in [0.1, 0.15) is 30.0 Å². The number of aliphatic hydroxyl groups excluding tert-OH is 1. The number of Topliss-reactive ketones (excluding diaryl/α,β-unsaturated/α-hetero) is 1. The SMILES string of the molecule is CCOc1cccc(N2C(=O)C(=O)/C(=C(\O)c3ccc(OC)cc3)C2c2ccc(C)o2)c1. The number of amides is 1. The largest absolute Gasteiger partial charge is 0.507 e. The smallest absolute Gasteiger partial charge is 0.300 e. The van der Waals surface area contributed by atoms with Crippen LogP contribution in [0.25, 0.3) is 5.76 Å². The summed E-state index contributed by atoms with van der Waals surface area (Å²) in [5.41, 5.74) is 0.808. The predicted octanol–water partition coefficient (Wildman–Crippen LogP) is 4.62. The highest BCUT2D eigenvalue weighted by molar-refractivity contribution is 6.51. The first-order chi connectivity index (χ1) is 15.4. The van der Waals surface area contributed by atoms with Crippen molar-refractivity contribution < 1.29 is 28.6 Å². The molecule has 7 heteroatoms. The van der Waals surface area contributed by atoms with Crippen LogP contribution in [0.5, 0.6) is 11.5 Å². The Labute approximate surface area is 185 Å². The van der Waals surface area contributed by atoms with E-state index in [1.165, 1.54) is 12.0 Å². The van der Waals surface area contributed by atoms with E-state index >= 15 is 0 Å². The van der Waals surface area contributed by atoms with E-state index in [9.17, 15) is 14.7 Å². The number of ketones is 1. The zero-order valence-electron chi connectivity index (χ0n) is 18.0. The zero-order chi connectivity index (χ0) is 22.8. The molecule has 1 unspecified atom stereocenters. The lowest BCUT2D eigenvalue weighted by molar-refractivity contribution is -0.132. The second-order valence-electron chi connectivity index (χ2n) is 7.28. The van der Waals surface area contributed by atoms with Gasteiger partial charge in [-0.3, -0.25) is 14.5 Å². The minimum Gasteiger partial charge on any atom is -0.507 e. The number of methoxy groups -OCH3 is 1. The molecule has 2 aromatic carbocycles. The molecule has 1 aliphatic heterocycles. The molecule has 7 nitrogen and oxygen atoms in total. The number of hydrogen-bond donors (Lipinski definition) is 1. The number of hydrogen-bond acceptors (Lipinski definition) is 6. The first-order valence-electron chi connectivity index (χ1n) is 10.2. The van der Waals surface area contributed by atoms with E-state index in [1.54, 1.807) is 67.6 Å². The molecule has 0 radical (unpaired) electrons. The van der Waals surface area contributed by atoms with Crippen LogP contribution in [0.4, 0.5) is 5.69 Å². The molecule has 0 bridgehead atoms. The van der Waals surface area contributed by atoms with Crippen LogP contribution < -0.4 is 14.4 Å². The van der Waals surface area contributed by atoms with Gasteiger partial charge in [-0.15, -0.1) is 0 Å². The quantitative estimate of drug-likeness (QED) is 0.347. The van der Waals surface area contributed by atoms with Gasteiger partial charge in [0.1, 0.15) is 34.8 Å². The first kappa shape index (κ1) is 21.2. The molecule has 0 saturated carbocycles. The Balaban J connectivity index is 1.88. The van der Waals surface area contributed by atoms with Gasteiger partial charge in [0.05, 0.1) is 19.3 Å². The predicted molar refractivity (Wildman–Crippen MR) is 119 cm³/mol. The summed E-state index contributed by atoms with van der Waals surface area (Å²) in [6, 6.07) is 16.0. The van der Waals surface area contributed by atoms with Crippen LogP contribution in [-0.4, -0.2) is 30.5 Å². The number of aliphatic hydroxyl groups is 1. The fourth-order valence-electron chi connectivity index (χ4n) is 3.76. The minimum absolute atomic E-state index is 0.0451. The van der Waals surface area contributed by atoms with Gasteiger partial charge < -0.3 is 19.0 Å². The van der Waals surface area contributed by atoms with Crippen LogP contribution in [0.3, 0.4) is 0 Å². The lowest BCUT2D eigenvalue weighted by atomic mass is 9.99. The second kappa shape index (κ2) is 8.63. The normalized spacial score (nSPS) is 17.6. The highest BCUT2D eigenvalue weighted by Gasteiger charge is 2.48. The fraction of sp³-hybridized carbons (Fsp3) is 0.200. The van der Waals surface area contributed by atoms with Crippen molar-refractivity contribution in [1.82, 2.24) is 0 Å². The molecular formula is C25H23NO6. The molecule has 164 valence electrons. The summed E-state index contributed by atoms with van der Waals surface area (Å²) in [6.07, 6.45) is 0. The van der Waals surface area contributed by atoms with Gasteiger partial charge in [-0.25, -0.2) is 0 Å². The van der Waals surface area contributed by atoms with E-state index < -0.39 is 17.7 Å². The Kier molecular flexibility index (Phi) is 5.73. The Bertz CT molecular complexity index is 1190. The molecule has 0 aliphatic carbocycles. The molecule has 1 saturated heterocycles. The molecule has 0 spiro atoms. The van der Waals surface area contributed by atoms with Crippen molar-refractivity contribution >= 4 is 23.1 Å². The minimum atomic E-state index is -0.928. The summed E-state index contributed by atoms with van der Waals surface area (Å²) >= 11 is 0. The number of benzene rings is 2. The number of anilines is 1. The van der Waals surface area contributed by atoms with Gasteiger partial charge in [0.2, 0.25) is 0 Å².